The van der Waals surface area contributed by atoms with Gasteiger partial charge in [0.15, 0.2) is 5.78 Å². The summed E-state index contributed by atoms with van der Waals surface area (Å²) in [6, 6.07) is 0. The molecule has 4 nitrogen and oxygen atoms in total. The minimum absolute atomic E-state index is 0.0105. The molecule has 0 aromatic rings. The van der Waals surface area contributed by atoms with E-state index < -0.39 is 11.0 Å². The van der Waals surface area contributed by atoms with E-state index in [4.69, 9.17) is 4.74 Å². The van der Waals surface area contributed by atoms with Gasteiger partial charge in [0.25, 0.3) is 0 Å². The third-order valence-electron chi connectivity index (χ3n) is 9.09. The van der Waals surface area contributed by atoms with Crippen LogP contribution in [0.25, 0.3) is 0 Å². The number of allylic oxidation sites excluding steroid dienone is 1. The molecular weight excluding hydrogens is 352 g/mol. The van der Waals surface area contributed by atoms with Crippen molar-refractivity contribution in [3.8, 4) is 0 Å². The number of Topliss-reactive ketones (excluding diaryl/α,β-unsaturated/α-hetero) is 1. The van der Waals surface area contributed by atoms with Crippen molar-refractivity contribution in [3.63, 3.8) is 0 Å². The summed E-state index contributed by atoms with van der Waals surface area (Å²) in [6.07, 6.45) is 8.85. The molecule has 3 saturated carbocycles. The molecule has 0 aromatic heterocycles. The Morgan fingerprint density at radius 2 is 1.86 bits per heavy atom. The van der Waals surface area contributed by atoms with Crippen molar-refractivity contribution in [2.75, 3.05) is 0 Å². The average molecular weight is 387 g/mol. The zero-order chi connectivity index (χ0) is 20.5. The smallest absolute Gasteiger partial charge is 0.302 e. The number of hydrogen-bond acceptors (Lipinski definition) is 4. The summed E-state index contributed by atoms with van der Waals surface area (Å²) in [4.78, 5) is 23.8. The van der Waals surface area contributed by atoms with Gasteiger partial charge in [0, 0.05) is 18.8 Å². The lowest BCUT2D eigenvalue weighted by Crippen LogP contribution is -2.57. The molecule has 1 N–H and O–H groups in total. The number of ether oxygens (including phenoxy) is 1. The predicted molar refractivity (Wildman–Crippen MR) is 107 cm³/mol. The highest BCUT2D eigenvalue weighted by atomic mass is 16.5. The number of fused-ring (bicyclic) bond motifs is 5. The fourth-order valence-corrected chi connectivity index (χ4v) is 7.58. The second-order valence-electron chi connectivity index (χ2n) is 10.3. The minimum atomic E-state index is -1.37. The molecule has 3 fully saturated rings. The highest BCUT2D eigenvalue weighted by molar-refractivity contribution is 5.90. The summed E-state index contributed by atoms with van der Waals surface area (Å²) in [5, 5.41) is 11.4. The average Bonchev–Trinajstić information content (AvgIpc) is 2.83. The zero-order valence-corrected chi connectivity index (χ0v) is 17.7. The fraction of sp³-hybridized carbons (Fsp3) is 0.750. The van der Waals surface area contributed by atoms with E-state index in [9.17, 15) is 14.7 Å². The number of hydrogen-bond donors (Lipinski definition) is 1. The van der Waals surface area contributed by atoms with E-state index in [0.717, 1.165) is 44.9 Å². The molecular formula is C24H34O4. The summed E-state index contributed by atoms with van der Waals surface area (Å²) in [5.74, 6) is 0.993. The van der Waals surface area contributed by atoms with Crippen LogP contribution in [0.5, 0.6) is 0 Å². The largest absolute Gasteiger partial charge is 0.462 e. The van der Waals surface area contributed by atoms with Gasteiger partial charge in [0.05, 0.1) is 0 Å². The van der Waals surface area contributed by atoms with Gasteiger partial charge in [-0.25, -0.2) is 0 Å². The first kappa shape index (κ1) is 19.9. The Bertz CT molecular complexity index is 767. The van der Waals surface area contributed by atoms with E-state index in [1.807, 2.05) is 0 Å². The van der Waals surface area contributed by atoms with Crippen LogP contribution in [-0.4, -0.2) is 28.6 Å². The number of carbonyl (C=O) groups excluding carboxylic acids is 2. The normalized spacial score (nSPS) is 47.5. The molecule has 154 valence electrons. The van der Waals surface area contributed by atoms with Crippen LogP contribution in [-0.2, 0) is 14.3 Å². The molecule has 0 aliphatic heterocycles. The Balaban J connectivity index is 1.65. The molecule has 0 amide bonds. The van der Waals surface area contributed by atoms with Crippen LogP contribution in [0, 0.1) is 28.6 Å². The number of ketones is 1. The molecule has 4 heteroatoms. The van der Waals surface area contributed by atoms with Crippen molar-refractivity contribution in [1.82, 2.24) is 0 Å². The fourth-order valence-electron chi connectivity index (χ4n) is 7.58. The van der Waals surface area contributed by atoms with Crippen molar-refractivity contribution in [1.29, 1.82) is 0 Å². The molecule has 0 saturated heterocycles. The minimum Gasteiger partial charge on any atom is -0.462 e. The summed E-state index contributed by atoms with van der Waals surface area (Å²) in [7, 11) is 0. The van der Waals surface area contributed by atoms with Gasteiger partial charge in [-0.2, -0.15) is 0 Å². The van der Waals surface area contributed by atoms with Crippen molar-refractivity contribution < 1.29 is 19.4 Å². The van der Waals surface area contributed by atoms with Crippen LogP contribution >= 0.6 is 0 Å². The van der Waals surface area contributed by atoms with E-state index in [1.165, 1.54) is 19.4 Å². The predicted octanol–water partition coefficient (Wildman–Crippen LogP) is 4.37. The van der Waals surface area contributed by atoms with E-state index in [0.29, 0.717) is 23.3 Å². The van der Waals surface area contributed by atoms with E-state index in [1.54, 1.807) is 0 Å². The second kappa shape index (κ2) is 6.29. The lowest BCUT2D eigenvalue weighted by atomic mass is 9.46. The van der Waals surface area contributed by atoms with Gasteiger partial charge in [0.1, 0.15) is 11.7 Å². The quantitative estimate of drug-likeness (QED) is 0.565. The summed E-state index contributed by atoms with van der Waals surface area (Å²) in [6.45, 7) is 11.7. The number of carbonyl (C=O) groups is 2. The Morgan fingerprint density at radius 1 is 1.14 bits per heavy atom. The summed E-state index contributed by atoms with van der Waals surface area (Å²) >= 11 is 0. The van der Waals surface area contributed by atoms with E-state index in [-0.39, 0.29) is 23.3 Å². The van der Waals surface area contributed by atoms with Gasteiger partial charge in [-0.15, -0.1) is 0 Å². The van der Waals surface area contributed by atoms with Crippen LogP contribution in [0.4, 0.5) is 0 Å². The molecule has 0 spiro atoms. The Hall–Kier alpha value is -1.42. The molecule has 0 aromatic carbocycles. The molecule has 0 bridgehead atoms. The maximum atomic E-state index is 12.4. The van der Waals surface area contributed by atoms with Gasteiger partial charge in [-0.1, -0.05) is 32.1 Å². The van der Waals surface area contributed by atoms with Gasteiger partial charge in [-0.3, -0.25) is 9.59 Å². The zero-order valence-electron chi connectivity index (χ0n) is 17.7. The Kier molecular flexibility index (Phi) is 4.46. The number of aliphatic hydroxyl groups is 1. The molecule has 4 rings (SSSR count). The maximum absolute atomic E-state index is 12.4. The van der Waals surface area contributed by atoms with Gasteiger partial charge < -0.3 is 9.84 Å². The van der Waals surface area contributed by atoms with Gasteiger partial charge >= 0.3 is 5.97 Å². The van der Waals surface area contributed by atoms with E-state index >= 15 is 0 Å². The second-order valence-corrected chi connectivity index (χ2v) is 10.3. The molecule has 4 aliphatic carbocycles. The van der Waals surface area contributed by atoms with Crippen LogP contribution in [0.2, 0.25) is 0 Å². The van der Waals surface area contributed by atoms with Crippen molar-refractivity contribution >= 4 is 11.8 Å². The SMILES string of the molecule is C=C1C[C@H]2[C@@H]3CC=C4CC(OC(C)=O)CC[C@]4(C)[C@H]3CC[C@]2(C)[C@@]1(O)C(C)=O. The topological polar surface area (TPSA) is 63.6 Å². The first-order valence-electron chi connectivity index (χ1n) is 10.8. The first-order valence-corrected chi connectivity index (χ1v) is 10.8. The molecule has 7 atom stereocenters. The molecule has 4 aliphatic rings. The Morgan fingerprint density at radius 3 is 2.50 bits per heavy atom. The molecule has 0 radical (unpaired) electrons. The monoisotopic (exact) mass is 386 g/mol. The van der Waals surface area contributed by atoms with Crippen LogP contribution in [0.3, 0.4) is 0 Å². The van der Waals surface area contributed by atoms with Crippen molar-refractivity contribution in [2.24, 2.45) is 28.6 Å². The summed E-state index contributed by atoms with van der Waals surface area (Å²) in [5.41, 5.74) is 0.521. The lowest BCUT2D eigenvalue weighted by molar-refractivity contribution is -0.155. The highest BCUT2D eigenvalue weighted by Crippen LogP contribution is 2.68. The third-order valence-corrected chi connectivity index (χ3v) is 9.09. The van der Waals surface area contributed by atoms with E-state index in [2.05, 4.69) is 26.5 Å². The lowest BCUT2D eigenvalue weighted by Gasteiger charge is -2.58. The Labute approximate surface area is 168 Å². The van der Waals surface area contributed by atoms with Crippen molar-refractivity contribution in [2.45, 2.75) is 84.3 Å². The number of rotatable bonds is 2. The molecule has 28 heavy (non-hydrogen) atoms. The van der Waals surface area contributed by atoms with Crippen molar-refractivity contribution in [3.05, 3.63) is 23.8 Å². The highest BCUT2D eigenvalue weighted by Gasteiger charge is 2.66. The number of esters is 1. The first-order chi connectivity index (χ1) is 13.0. The standard InChI is InChI=1S/C24H34O4/c1-14-12-21-19-7-6-17-13-18(28-16(3)26)8-10-22(17,4)20(19)9-11-23(21,5)24(14,27)15(2)25/h6,18-21,27H,1,7-13H2,2-5H3/t18?,19-,20+,21+,22+,23+,24+/m1/s1. The third kappa shape index (κ3) is 2.46. The van der Waals surface area contributed by atoms with Crippen LogP contribution in [0.15, 0.2) is 23.8 Å². The van der Waals surface area contributed by atoms with Crippen LogP contribution < -0.4 is 0 Å². The summed E-state index contributed by atoms with van der Waals surface area (Å²) < 4.78 is 5.51. The molecule has 0 heterocycles. The van der Waals surface area contributed by atoms with Gasteiger partial charge in [0.2, 0.25) is 0 Å². The molecule has 1 unspecified atom stereocenters. The van der Waals surface area contributed by atoms with Crippen LogP contribution in [0.1, 0.15) is 72.6 Å². The van der Waals surface area contributed by atoms with Gasteiger partial charge in [-0.05, 0) is 74.2 Å². The maximum Gasteiger partial charge on any atom is 0.302 e.